The van der Waals surface area contributed by atoms with Gasteiger partial charge in [0.2, 0.25) is 0 Å². The van der Waals surface area contributed by atoms with Crippen LogP contribution < -0.4 is 16.4 Å². The molecule has 8 nitrogen and oxygen atoms in total. The molecule has 2 rings (SSSR count). The van der Waals surface area contributed by atoms with Crippen LogP contribution in [0.5, 0.6) is 0 Å². The Kier molecular flexibility index (Phi) is 12.3. The molecule has 10 heteroatoms. The zero-order valence-electron chi connectivity index (χ0n) is 19.2. The third kappa shape index (κ3) is 9.73. The number of benzene rings is 1. The summed E-state index contributed by atoms with van der Waals surface area (Å²) in [7, 11) is 0. The summed E-state index contributed by atoms with van der Waals surface area (Å²) in [4.78, 5) is 19.6. The Morgan fingerprint density at radius 2 is 2.03 bits per heavy atom. The molecule has 0 atom stereocenters. The van der Waals surface area contributed by atoms with Crippen molar-refractivity contribution in [2.24, 2.45) is 10.7 Å². The van der Waals surface area contributed by atoms with Gasteiger partial charge in [0, 0.05) is 26.2 Å². The lowest BCUT2D eigenvalue weighted by Crippen LogP contribution is -2.38. The fourth-order valence-electron chi connectivity index (χ4n) is 3.04. The number of rotatable bonds is 12. The number of carbonyl (C=O) groups excluding carboxylic acids is 1. The quantitative estimate of drug-likeness (QED) is 0.303. The van der Waals surface area contributed by atoms with E-state index in [0.717, 1.165) is 38.4 Å². The molecular weight excluding hydrogens is 465 g/mol. The minimum Gasteiger partial charge on any atom is -0.404 e. The van der Waals surface area contributed by atoms with Gasteiger partial charge in [-0.05, 0) is 49.4 Å². The first-order chi connectivity index (χ1) is 15.9. The number of nitrogens with one attached hydrogen (secondary N) is 2. The Bertz CT molecular complexity index is 868. The van der Waals surface area contributed by atoms with Crippen LogP contribution >= 0.6 is 23.2 Å². The molecule has 0 saturated carbocycles. The third-order valence-corrected chi connectivity index (χ3v) is 5.74. The largest absolute Gasteiger partial charge is 0.404 e. The van der Waals surface area contributed by atoms with Gasteiger partial charge in [-0.3, -0.25) is 14.7 Å². The van der Waals surface area contributed by atoms with E-state index >= 15 is 0 Å². The van der Waals surface area contributed by atoms with Crippen LogP contribution in [0, 0.1) is 0 Å². The second-order valence-electron chi connectivity index (χ2n) is 7.40. The van der Waals surface area contributed by atoms with E-state index in [9.17, 15) is 4.79 Å². The van der Waals surface area contributed by atoms with Crippen molar-refractivity contribution >= 4 is 34.8 Å². The molecule has 1 saturated heterocycles. The number of halogens is 2. The molecule has 4 N–H and O–H groups in total. The van der Waals surface area contributed by atoms with Gasteiger partial charge in [-0.2, -0.15) is 0 Å². The van der Waals surface area contributed by atoms with Crippen molar-refractivity contribution in [1.82, 2.24) is 15.5 Å². The van der Waals surface area contributed by atoms with E-state index in [1.807, 2.05) is 13.0 Å². The summed E-state index contributed by atoms with van der Waals surface area (Å²) in [6, 6.07) is 5.38. The molecule has 182 valence electrons. The Hall–Kier alpha value is -2.10. The highest BCUT2D eigenvalue weighted by molar-refractivity contribution is 6.45. The van der Waals surface area contributed by atoms with Crippen molar-refractivity contribution in [2.45, 2.75) is 20.4 Å². The van der Waals surface area contributed by atoms with Crippen molar-refractivity contribution in [3.8, 4) is 0 Å². The normalized spacial score (nSPS) is 16.1. The van der Waals surface area contributed by atoms with Gasteiger partial charge in [-0.1, -0.05) is 29.3 Å². The summed E-state index contributed by atoms with van der Waals surface area (Å²) >= 11 is 12.0. The predicted molar refractivity (Wildman–Crippen MR) is 134 cm³/mol. The highest BCUT2D eigenvalue weighted by atomic mass is 35.5. The molecule has 1 aromatic rings. The summed E-state index contributed by atoms with van der Waals surface area (Å²) in [6.07, 6.45) is 3.14. The second-order valence-corrected chi connectivity index (χ2v) is 8.22. The first kappa shape index (κ1) is 27.1. The average Bonchev–Trinajstić information content (AvgIpc) is 2.83. The molecule has 33 heavy (non-hydrogen) atoms. The van der Waals surface area contributed by atoms with Gasteiger partial charge in [-0.15, -0.1) is 0 Å². The summed E-state index contributed by atoms with van der Waals surface area (Å²) in [6.45, 7) is 9.68. The van der Waals surface area contributed by atoms with E-state index in [0.29, 0.717) is 47.7 Å². The Morgan fingerprint density at radius 3 is 2.70 bits per heavy atom. The van der Waals surface area contributed by atoms with E-state index in [-0.39, 0.29) is 11.6 Å². The molecule has 1 heterocycles. The number of amides is 1. The van der Waals surface area contributed by atoms with Crippen molar-refractivity contribution in [3.05, 3.63) is 57.5 Å². The van der Waals surface area contributed by atoms with E-state index < -0.39 is 0 Å². The third-order valence-electron chi connectivity index (χ3n) is 5.00. The van der Waals surface area contributed by atoms with Crippen LogP contribution in [-0.2, 0) is 20.8 Å². The minimum absolute atomic E-state index is 0.268. The fraction of sp³-hybridized carbons (Fsp3) is 0.478. The number of carbonyl (C=O) groups is 1. The molecule has 0 bridgehead atoms. The molecule has 1 fully saturated rings. The number of nitrogens with zero attached hydrogens (tertiary/aromatic N) is 2. The molecule has 0 unspecified atom stereocenters. The number of morpholine rings is 1. The summed E-state index contributed by atoms with van der Waals surface area (Å²) < 4.78 is 11.0. The van der Waals surface area contributed by atoms with Gasteiger partial charge in [0.25, 0.3) is 5.91 Å². The number of aliphatic imine (C=N–C) groups is 1. The first-order valence-electron chi connectivity index (χ1n) is 10.9. The second kappa shape index (κ2) is 14.9. The lowest BCUT2D eigenvalue weighted by atomic mass is 10.2. The molecule has 1 aliphatic rings. The summed E-state index contributed by atoms with van der Waals surface area (Å²) in [5.74, 6) is 0.197. The van der Waals surface area contributed by atoms with Crippen LogP contribution in [0.2, 0.25) is 10.0 Å². The van der Waals surface area contributed by atoms with E-state index in [1.54, 1.807) is 25.1 Å². The van der Waals surface area contributed by atoms with Gasteiger partial charge in [0.1, 0.15) is 11.5 Å². The van der Waals surface area contributed by atoms with Gasteiger partial charge in [0.05, 0.1) is 43.0 Å². The van der Waals surface area contributed by atoms with Crippen molar-refractivity contribution in [1.29, 1.82) is 0 Å². The van der Waals surface area contributed by atoms with E-state index in [1.165, 1.54) is 6.20 Å². The predicted octanol–water partition coefficient (Wildman–Crippen LogP) is 2.71. The topological polar surface area (TPSA) is 101 Å². The molecule has 0 spiro atoms. The lowest BCUT2D eigenvalue weighted by molar-refractivity contribution is -0.114. The molecule has 0 aliphatic carbocycles. The van der Waals surface area contributed by atoms with Crippen LogP contribution in [0.15, 0.2) is 46.9 Å². The Balaban J connectivity index is 1.83. The first-order valence-corrected chi connectivity index (χ1v) is 11.7. The zero-order valence-corrected chi connectivity index (χ0v) is 20.7. The van der Waals surface area contributed by atoms with Crippen LogP contribution in [0.25, 0.3) is 0 Å². The molecule has 0 radical (unpaired) electrons. The maximum Gasteiger partial charge on any atom is 0.275 e. The van der Waals surface area contributed by atoms with Crippen molar-refractivity contribution in [2.75, 3.05) is 52.6 Å². The van der Waals surface area contributed by atoms with Gasteiger partial charge in [0.15, 0.2) is 0 Å². The SMILES string of the molecule is CC=C(NCc1ccc(Cl)c(Cl)c1)NC(=O)C(=NCCOCCN1CCOCC1)C(C)=CN. The maximum absolute atomic E-state index is 12.8. The van der Waals surface area contributed by atoms with Crippen LogP contribution in [0.4, 0.5) is 0 Å². The van der Waals surface area contributed by atoms with Crippen molar-refractivity contribution in [3.63, 3.8) is 0 Å². The minimum atomic E-state index is -0.350. The molecule has 1 aliphatic heterocycles. The fourth-order valence-corrected chi connectivity index (χ4v) is 3.36. The summed E-state index contributed by atoms with van der Waals surface area (Å²) in [5.41, 5.74) is 7.43. The molecule has 1 aromatic carbocycles. The molecule has 0 aromatic heterocycles. The van der Waals surface area contributed by atoms with E-state index in [2.05, 4.69) is 20.5 Å². The van der Waals surface area contributed by atoms with Crippen molar-refractivity contribution < 1.29 is 14.3 Å². The number of hydrogen-bond acceptors (Lipinski definition) is 7. The maximum atomic E-state index is 12.8. The highest BCUT2D eigenvalue weighted by Crippen LogP contribution is 2.22. The number of hydrogen-bond donors (Lipinski definition) is 3. The number of nitrogens with two attached hydrogens (primary N) is 1. The van der Waals surface area contributed by atoms with Crippen LogP contribution in [0.1, 0.15) is 19.4 Å². The van der Waals surface area contributed by atoms with Gasteiger partial charge in [-0.25, -0.2) is 0 Å². The monoisotopic (exact) mass is 497 g/mol. The number of ether oxygens (including phenoxy) is 2. The molecular formula is C23H33Cl2N5O3. The lowest BCUT2D eigenvalue weighted by Gasteiger charge is -2.26. The smallest absolute Gasteiger partial charge is 0.275 e. The van der Waals surface area contributed by atoms with Crippen LogP contribution in [0.3, 0.4) is 0 Å². The Labute approximate surface area is 205 Å². The van der Waals surface area contributed by atoms with Gasteiger partial charge >= 0.3 is 0 Å². The summed E-state index contributed by atoms with van der Waals surface area (Å²) in [5, 5.41) is 6.99. The average molecular weight is 498 g/mol. The van der Waals surface area contributed by atoms with E-state index in [4.69, 9.17) is 38.4 Å². The van der Waals surface area contributed by atoms with Crippen LogP contribution in [-0.4, -0.2) is 69.1 Å². The number of allylic oxidation sites excluding steroid dienone is 1. The van der Waals surface area contributed by atoms with Gasteiger partial charge < -0.3 is 25.8 Å². The molecule has 1 amide bonds. The highest BCUT2D eigenvalue weighted by Gasteiger charge is 2.15. The Morgan fingerprint density at radius 1 is 1.27 bits per heavy atom. The standard InChI is InChI=1S/C23H33Cl2N5O3/c1-3-21(28-16-18-4-5-19(24)20(25)14-18)29-23(31)22(17(2)15-26)27-6-10-32-11-7-30-8-12-33-13-9-30/h3-5,14-15,28H,6-13,16,26H2,1-2H3,(H,29,31). The zero-order chi connectivity index (χ0) is 24.1.